The van der Waals surface area contributed by atoms with Crippen LogP contribution in [0, 0.1) is 0 Å². The minimum Gasteiger partial charge on any atom is -0.376 e. The summed E-state index contributed by atoms with van der Waals surface area (Å²) in [5, 5.41) is 6.16. The first kappa shape index (κ1) is 16.7. The number of nitrogens with one attached hydrogen (secondary N) is 2. The van der Waals surface area contributed by atoms with Crippen molar-refractivity contribution in [2.24, 2.45) is 0 Å². The second-order valence-corrected chi connectivity index (χ2v) is 5.42. The van der Waals surface area contributed by atoms with Gasteiger partial charge in [0.15, 0.2) is 0 Å². The first-order valence-corrected chi connectivity index (χ1v) is 7.49. The Labute approximate surface area is 122 Å². The average Bonchev–Trinajstić information content (AvgIpc) is 2.80. The van der Waals surface area contributed by atoms with E-state index >= 15 is 0 Å². The smallest absolute Gasteiger partial charge is 0.237 e. The molecule has 1 amide bonds. The molecular weight excluding hydrogens is 264 g/mol. The molecule has 1 unspecified atom stereocenters. The molecular formula is C14H27ClN2O2. The van der Waals surface area contributed by atoms with Crippen LogP contribution in [0.4, 0.5) is 0 Å². The van der Waals surface area contributed by atoms with Crippen LogP contribution in [0.3, 0.4) is 0 Å². The van der Waals surface area contributed by atoms with Gasteiger partial charge in [-0.1, -0.05) is 25.7 Å². The van der Waals surface area contributed by atoms with Crippen molar-refractivity contribution >= 4 is 18.3 Å². The molecule has 0 bridgehead atoms. The number of hydrogen-bond donors (Lipinski definition) is 2. The van der Waals surface area contributed by atoms with Gasteiger partial charge in [-0.05, 0) is 32.2 Å². The van der Waals surface area contributed by atoms with E-state index in [9.17, 15) is 4.79 Å². The average molecular weight is 291 g/mol. The Balaban J connectivity index is 0.00000180. The van der Waals surface area contributed by atoms with Crippen LogP contribution in [0.2, 0.25) is 0 Å². The van der Waals surface area contributed by atoms with Gasteiger partial charge < -0.3 is 15.4 Å². The van der Waals surface area contributed by atoms with Crippen LogP contribution >= 0.6 is 12.4 Å². The summed E-state index contributed by atoms with van der Waals surface area (Å²) in [7, 11) is 0. The van der Waals surface area contributed by atoms with Gasteiger partial charge >= 0.3 is 0 Å². The molecule has 1 aliphatic heterocycles. The van der Waals surface area contributed by atoms with E-state index in [1.807, 2.05) is 0 Å². The molecule has 19 heavy (non-hydrogen) atoms. The second-order valence-electron chi connectivity index (χ2n) is 5.42. The Morgan fingerprint density at radius 1 is 1.11 bits per heavy atom. The van der Waals surface area contributed by atoms with Crippen molar-refractivity contribution in [3.63, 3.8) is 0 Å². The Hall–Kier alpha value is -0.320. The van der Waals surface area contributed by atoms with Crippen LogP contribution in [-0.2, 0) is 9.53 Å². The lowest BCUT2D eigenvalue weighted by molar-refractivity contribution is -0.123. The lowest BCUT2D eigenvalue weighted by Gasteiger charge is -2.16. The number of amides is 1. The fraction of sp³-hybridized carbons (Fsp3) is 0.929. The number of rotatable bonds is 5. The van der Waals surface area contributed by atoms with Crippen molar-refractivity contribution in [2.75, 3.05) is 19.7 Å². The molecule has 0 aromatic heterocycles. The van der Waals surface area contributed by atoms with Crippen LogP contribution in [0.1, 0.15) is 51.4 Å². The highest BCUT2D eigenvalue weighted by atomic mass is 35.5. The summed E-state index contributed by atoms with van der Waals surface area (Å²) in [5.74, 6) is 0.136. The van der Waals surface area contributed by atoms with Crippen LogP contribution in [0.15, 0.2) is 0 Å². The molecule has 2 rings (SSSR count). The number of carbonyl (C=O) groups is 1. The van der Waals surface area contributed by atoms with Gasteiger partial charge in [-0.3, -0.25) is 4.79 Å². The topological polar surface area (TPSA) is 50.4 Å². The van der Waals surface area contributed by atoms with Gasteiger partial charge in [-0.15, -0.1) is 12.4 Å². The lowest BCUT2D eigenvalue weighted by atomic mass is 10.1. The molecule has 4 nitrogen and oxygen atoms in total. The predicted molar refractivity (Wildman–Crippen MR) is 78.7 cm³/mol. The van der Waals surface area contributed by atoms with Crippen LogP contribution in [0.25, 0.3) is 0 Å². The lowest BCUT2D eigenvalue weighted by Crippen LogP contribution is -2.41. The monoisotopic (exact) mass is 290 g/mol. The predicted octanol–water partition coefficient (Wildman–Crippen LogP) is 2.02. The minimum absolute atomic E-state index is 0. The fourth-order valence-corrected chi connectivity index (χ4v) is 2.84. The van der Waals surface area contributed by atoms with Gasteiger partial charge in [-0.25, -0.2) is 0 Å². The standard InChI is InChI=1S/C14H26N2O2.ClH/c17-14(13-8-5-9-15-13)16-10-11-18-12-6-3-1-2-4-7-12;/h12-13,15H,1-11H2,(H,16,17);1H. The third-order valence-corrected chi connectivity index (χ3v) is 3.93. The third-order valence-electron chi connectivity index (χ3n) is 3.93. The molecule has 112 valence electrons. The summed E-state index contributed by atoms with van der Waals surface area (Å²) in [4.78, 5) is 11.7. The van der Waals surface area contributed by atoms with Gasteiger partial charge in [-0.2, -0.15) is 0 Å². The van der Waals surface area contributed by atoms with Crippen molar-refractivity contribution in [1.82, 2.24) is 10.6 Å². The van der Waals surface area contributed by atoms with E-state index in [1.54, 1.807) is 0 Å². The summed E-state index contributed by atoms with van der Waals surface area (Å²) in [6.45, 7) is 2.27. The second kappa shape index (κ2) is 9.56. The zero-order valence-corrected chi connectivity index (χ0v) is 12.5. The molecule has 2 fully saturated rings. The van der Waals surface area contributed by atoms with Crippen molar-refractivity contribution in [3.8, 4) is 0 Å². The fourth-order valence-electron chi connectivity index (χ4n) is 2.84. The Morgan fingerprint density at radius 3 is 2.47 bits per heavy atom. The van der Waals surface area contributed by atoms with Crippen LogP contribution in [0.5, 0.6) is 0 Å². The normalized spacial score (nSPS) is 24.5. The molecule has 0 aromatic rings. The molecule has 1 saturated heterocycles. The molecule has 1 aliphatic carbocycles. The molecule has 0 aromatic carbocycles. The highest BCUT2D eigenvalue weighted by molar-refractivity contribution is 5.85. The summed E-state index contributed by atoms with van der Waals surface area (Å²) >= 11 is 0. The van der Waals surface area contributed by atoms with E-state index in [1.165, 1.54) is 38.5 Å². The van der Waals surface area contributed by atoms with Crippen LogP contribution in [-0.4, -0.2) is 37.7 Å². The first-order valence-electron chi connectivity index (χ1n) is 7.49. The minimum atomic E-state index is 0. The number of ether oxygens (including phenoxy) is 1. The molecule has 0 spiro atoms. The zero-order valence-electron chi connectivity index (χ0n) is 11.7. The van der Waals surface area contributed by atoms with Crippen molar-refractivity contribution in [3.05, 3.63) is 0 Å². The van der Waals surface area contributed by atoms with Crippen molar-refractivity contribution in [2.45, 2.75) is 63.5 Å². The van der Waals surface area contributed by atoms with Gasteiger partial charge in [0, 0.05) is 6.54 Å². The van der Waals surface area contributed by atoms with E-state index in [2.05, 4.69) is 10.6 Å². The van der Waals surface area contributed by atoms with Crippen molar-refractivity contribution in [1.29, 1.82) is 0 Å². The van der Waals surface area contributed by atoms with Gasteiger partial charge in [0.1, 0.15) is 0 Å². The number of halogens is 1. The van der Waals surface area contributed by atoms with Gasteiger partial charge in [0.25, 0.3) is 0 Å². The van der Waals surface area contributed by atoms with Crippen molar-refractivity contribution < 1.29 is 9.53 Å². The third kappa shape index (κ3) is 6.11. The van der Waals surface area contributed by atoms with Gasteiger partial charge in [0.05, 0.1) is 18.8 Å². The maximum Gasteiger partial charge on any atom is 0.237 e. The maximum absolute atomic E-state index is 11.7. The highest BCUT2D eigenvalue weighted by Gasteiger charge is 2.21. The molecule has 2 aliphatic rings. The summed E-state index contributed by atoms with van der Waals surface area (Å²) < 4.78 is 5.84. The quantitative estimate of drug-likeness (QED) is 0.602. The Morgan fingerprint density at radius 2 is 1.84 bits per heavy atom. The molecule has 1 heterocycles. The van der Waals surface area contributed by atoms with E-state index in [0.717, 1.165) is 19.4 Å². The molecule has 2 N–H and O–H groups in total. The number of carbonyl (C=O) groups excluding carboxylic acids is 1. The Bertz CT molecular complexity index is 250. The highest BCUT2D eigenvalue weighted by Crippen LogP contribution is 2.19. The largest absolute Gasteiger partial charge is 0.376 e. The molecule has 5 heteroatoms. The maximum atomic E-state index is 11.7. The van der Waals surface area contributed by atoms with E-state index in [-0.39, 0.29) is 24.4 Å². The SMILES string of the molecule is Cl.O=C(NCCOC1CCCCCC1)C1CCCN1. The van der Waals surface area contributed by atoms with Crippen LogP contribution < -0.4 is 10.6 Å². The first-order chi connectivity index (χ1) is 8.86. The summed E-state index contributed by atoms with van der Waals surface area (Å²) in [6, 6.07) is 0.0304. The summed E-state index contributed by atoms with van der Waals surface area (Å²) in [6.07, 6.45) is 10.2. The Kier molecular flexibility index (Phi) is 8.42. The summed E-state index contributed by atoms with van der Waals surface area (Å²) in [5.41, 5.74) is 0. The van der Waals surface area contributed by atoms with E-state index in [0.29, 0.717) is 19.3 Å². The molecule has 1 atom stereocenters. The molecule has 1 saturated carbocycles. The molecule has 0 radical (unpaired) electrons. The van der Waals surface area contributed by atoms with Gasteiger partial charge in [0.2, 0.25) is 5.91 Å². The van der Waals surface area contributed by atoms with E-state index < -0.39 is 0 Å². The van der Waals surface area contributed by atoms with E-state index in [4.69, 9.17) is 4.74 Å². The number of hydrogen-bond acceptors (Lipinski definition) is 3. The zero-order chi connectivity index (χ0) is 12.6.